The monoisotopic (exact) mass is 230 g/mol. The number of nitrogens with zero attached hydrogens (tertiary/aromatic N) is 1. The van der Waals surface area contributed by atoms with Gasteiger partial charge in [0.15, 0.2) is 0 Å². The standard InChI is InChI=1S/C14H18N2O/c1-2-5-12(17)10-16-14-13-7-4-3-6-11(13)8-9-15-14/h3-4,6-9,12,17H,2,5,10H2,1H3,(H,15,16). The highest BCUT2D eigenvalue weighted by molar-refractivity contribution is 5.91. The van der Waals surface area contributed by atoms with Gasteiger partial charge in [-0.15, -0.1) is 0 Å². The summed E-state index contributed by atoms with van der Waals surface area (Å²) in [6.07, 6.45) is 3.29. The van der Waals surface area contributed by atoms with Gasteiger partial charge in [0.1, 0.15) is 5.82 Å². The third-order valence-corrected chi connectivity index (χ3v) is 2.80. The first-order valence-corrected chi connectivity index (χ1v) is 6.07. The number of anilines is 1. The van der Waals surface area contributed by atoms with Crippen LogP contribution in [0.5, 0.6) is 0 Å². The fourth-order valence-corrected chi connectivity index (χ4v) is 1.91. The molecule has 90 valence electrons. The topological polar surface area (TPSA) is 45.1 Å². The number of fused-ring (bicyclic) bond motifs is 1. The van der Waals surface area contributed by atoms with Crippen LogP contribution in [0.2, 0.25) is 0 Å². The molecule has 2 aromatic rings. The zero-order valence-corrected chi connectivity index (χ0v) is 10.1. The molecule has 1 unspecified atom stereocenters. The molecule has 3 heteroatoms. The Morgan fingerprint density at radius 1 is 1.29 bits per heavy atom. The van der Waals surface area contributed by atoms with Gasteiger partial charge in [0, 0.05) is 18.1 Å². The summed E-state index contributed by atoms with van der Waals surface area (Å²) in [6, 6.07) is 10.1. The summed E-state index contributed by atoms with van der Waals surface area (Å²) in [5.74, 6) is 0.846. The average Bonchev–Trinajstić information content (AvgIpc) is 2.36. The molecule has 0 spiro atoms. The van der Waals surface area contributed by atoms with Crippen LogP contribution in [0.15, 0.2) is 36.5 Å². The highest BCUT2D eigenvalue weighted by Gasteiger charge is 2.05. The van der Waals surface area contributed by atoms with Crippen LogP contribution < -0.4 is 5.32 Å². The third-order valence-electron chi connectivity index (χ3n) is 2.80. The smallest absolute Gasteiger partial charge is 0.133 e. The molecular weight excluding hydrogens is 212 g/mol. The van der Waals surface area contributed by atoms with Crippen LogP contribution >= 0.6 is 0 Å². The summed E-state index contributed by atoms with van der Waals surface area (Å²) in [5.41, 5.74) is 0. The first kappa shape index (κ1) is 11.9. The number of benzene rings is 1. The molecule has 1 heterocycles. The zero-order valence-electron chi connectivity index (χ0n) is 10.1. The highest BCUT2D eigenvalue weighted by atomic mass is 16.3. The van der Waals surface area contributed by atoms with Crippen LogP contribution in [0, 0.1) is 0 Å². The number of hydrogen-bond acceptors (Lipinski definition) is 3. The first-order valence-electron chi connectivity index (χ1n) is 6.07. The van der Waals surface area contributed by atoms with Crippen molar-refractivity contribution in [2.75, 3.05) is 11.9 Å². The van der Waals surface area contributed by atoms with Crippen molar-refractivity contribution in [3.63, 3.8) is 0 Å². The molecule has 0 aliphatic carbocycles. The maximum Gasteiger partial charge on any atom is 0.133 e. The Morgan fingerprint density at radius 2 is 2.12 bits per heavy atom. The fraction of sp³-hybridized carbons (Fsp3) is 0.357. The fourth-order valence-electron chi connectivity index (χ4n) is 1.91. The van der Waals surface area contributed by atoms with Crippen LogP contribution in [0.1, 0.15) is 19.8 Å². The zero-order chi connectivity index (χ0) is 12.1. The number of aliphatic hydroxyl groups is 1. The third kappa shape index (κ3) is 2.94. The van der Waals surface area contributed by atoms with Crippen LogP contribution in [0.25, 0.3) is 10.8 Å². The van der Waals surface area contributed by atoms with Gasteiger partial charge in [-0.05, 0) is 17.9 Å². The molecule has 0 aliphatic rings. The van der Waals surface area contributed by atoms with Crippen molar-refractivity contribution in [3.05, 3.63) is 36.5 Å². The second-order valence-electron chi connectivity index (χ2n) is 4.20. The Hall–Kier alpha value is -1.61. The van der Waals surface area contributed by atoms with E-state index in [4.69, 9.17) is 0 Å². The number of rotatable bonds is 5. The summed E-state index contributed by atoms with van der Waals surface area (Å²) in [4.78, 5) is 4.32. The molecule has 0 fully saturated rings. The van der Waals surface area contributed by atoms with E-state index in [2.05, 4.69) is 23.3 Å². The van der Waals surface area contributed by atoms with E-state index < -0.39 is 0 Å². The molecule has 1 atom stereocenters. The van der Waals surface area contributed by atoms with Gasteiger partial charge in [-0.2, -0.15) is 0 Å². The van der Waals surface area contributed by atoms with Crippen molar-refractivity contribution in [1.29, 1.82) is 0 Å². The Bertz CT molecular complexity index is 479. The minimum absolute atomic E-state index is 0.305. The molecule has 0 amide bonds. The maximum atomic E-state index is 9.69. The quantitative estimate of drug-likeness (QED) is 0.830. The molecular formula is C14H18N2O. The van der Waals surface area contributed by atoms with Crippen LogP contribution in [0.3, 0.4) is 0 Å². The normalized spacial score (nSPS) is 12.6. The number of hydrogen-bond donors (Lipinski definition) is 2. The predicted octanol–water partition coefficient (Wildman–Crippen LogP) is 2.81. The van der Waals surface area contributed by atoms with Crippen LogP contribution in [0.4, 0.5) is 5.82 Å². The Kier molecular flexibility index (Phi) is 3.94. The van der Waals surface area contributed by atoms with Gasteiger partial charge < -0.3 is 10.4 Å². The van der Waals surface area contributed by atoms with E-state index in [1.807, 2.05) is 24.3 Å². The van der Waals surface area contributed by atoms with Crippen molar-refractivity contribution in [1.82, 2.24) is 4.98 Å². The second-order valence-corrected chi connectivity index (χ2v) is 4.20. The van der Waals surface area contributed by atoms with E-state index >= 15 is 0 Å². The number of nitrogens with one attached hydrogen (secondary N) is 1. The van der Waals surface area contributed by atoms with Crippen molar-refractivity contribution >= 4 is 16.6 Å². The van der Waals surface area contributed by atoms with Gasteiger partial charge in [0.05, 0.1) is 6.10 Å². The lowest BCUT2D eigenvalue weighted by Crippen LogP contribution is -2.19. The maximum absolute atomic E-state index is 9.69. The van der Waals surface area contributed by atoms with Gasteiger partial charge in [-0.25, -0.2) is 4.98 Å². The van der Waals surface area contributed by atoms with Gasteiger partial charge >= 0.3 is 0 Å². The van der Waals surface area contributed by atoms with Crippen molar-refractivity contribution in [2.24, 2.45) is 0 Å². The Labute approximate surface area is 102 Å². The molecule has 17 heavy (non-hydrogen) atoms. The van der Waals surface area contributed by atoms with Crippen molar-refractivity contribution in [2.45, 2.75) is 25.9 Å². The minimum Gasteiger partial charge on any atom is -0.391 e. The summed E-state index contributed by atoms with van der Waals surface area (Å²) in [6.45, 7) is 2.62. The van der Waals surface area contributed by atoms with Gasteiger partial charge in [0.2, 0.25) is 0 Å². The van der Waals surface area contributed by atoms with Gasteiger partial charge in [-0.3, -0.25) is 0 Å². The number of aliphatic hydroxyl groups excluding tert-OH is 1. The summed E-state index contributed by atoms with van der Waals surface area (Å²) >= 11 is 0. The van der Waals surface area contributed by atoms with E-state index in [1.165, 1.54) is 0 Å². The SMILES string of the molecule is CCCC(O)CNc1nccc2ccccc12. The highest BCUT2D eigenvalue weighted by Crippen LogP contribution is 2.20. The van der Waals surface area contributed by atoms with E-state index in [9.17, 15) is 5.11 Å². The molecule has 2 N–H and O–H groups in total. The molecule has 0 bridgehead atoms. The summed E-state index contributed by atoms with van der Waals surface area (Å²) < 4.78 is 0. The molecule has 1 aromatic carbocycles. The first-order chi connectivity index (χ1) is 8.31. The molecule has 1 aromatic heterocycles. The molecule has 0 saturated heterocycles. The van der Waals surface area contributed by atoms with E-state index in [0.717, 1.165) is 29.4 Å². The second kappa shape index (κ2) is 5.64. The summed E-state index contributed by atoms with van der Waals surface area (Å²) in [7, 11) is 0. The van der Waals surface area contributed by atoms with Crippen molar-refractivity contribution in [3.8, 4) is 0 Å². The Balaban J connectivity index is 2.13. The Morgan fingerprint density at radius 3 is 2.94 bits per heavy atom. The van der Waals surface area contributed by atoms with E-state index in [1.54, 1.807) is 6.20 Å². The minimum atomic E-state index is -0.305. The summed E-state index contributed by atoms with van der Waals surface area (Å²) in [5, 5.41) is 15.2. The number of pyridine rings is 1. The van der Waals surface area contributed by atoms with Gasteiger partial charge in [-0.1, -0.05) is 37.6 Å². The lowest BCUT2D eigenvalue weighted by Gasteiger charge is -2.12. The van der Waals surface area contributed by atoms with Crippen LogP contribution in [-0.2, 0) is 0 Å². The van der Waals surface area contributed by atoms with Crippen LogP contribution in [-0.4, -0.2) is 22.7 Å². The molecule has 2 rings (SSSR count). The van der Waals surface area contributed by atoms with Gasteiger partial charge in [0.25, 0.3) is 0 Å². The molecule has 0 radical (unpaired) electrons. The lowest BCUT2D eigenvalue weighted by atomic mass is 10.1. The van der Waals surface area contributed by atoms with E-state index in [-0.39, 0.29) is 6.10 Å². The largest absolute Gasteiger partial charge is 0.391 e. The average molecular weight is 230 g/mol. The molecule has 3 nitrogen and oxygen atoms in total. The molecule has 0 saturated carbocycles. The van der Waals surface area contributed by atoms with Crippen molar-refractivity contribution < 1.29 is 5.11 Å². The molecule has 0 aliphatic heterocycles. The lowest BCUT2D eigenvalue weighted by molar-refractivity contribution is 0.176. The number of aromatic nitrogens is 1. The predicted molar refractivity (Wildman–Crippen MR) is 71.1 cm³/mol. The van der Waals surface area contributed by atoms with E-state index in [0.29, 0.717) is 6.54 Å².